The number of rotatable bonds is 6. The molecule has 3 aromatic rings. The molecule has 0 aliphatic rings. The molecule has 2 aromatic carbocycles. The van der Waals surface area contributed by atoms with Crippen LogP contribution in [0.4, 0.5) is 14.5 Å². The first-order chi connectivity index (χ1) is 13.8. The van der Waals surface area contributed by atoms with E-state index >= 15 is 0 Å². The normalized spacial score (nSPS) is 11.8. The van der Waals surface area contributed by atoms with E-state index in [1.54, 1.807) is 24.3 Å². The monoisotopic (exact) mass is 401 g/mol. The molecule has 0 aliphatic carbocycles. The molecule has 0 saturated carbocycles. The summed E-state index contributed by atoms with van der Waals surface area (Å²) in [5, 5.41) is 2.67. The molecule has 150 valence electrons. The second kappa shape index (κ2) is 8.59. The van der Waals surface area contributed by atoms with Gasteiger partial charge in [-0.15, -0.1) is 0 Å². The summed E-state index contributed by atoms with van der Waals surface area (Å²) in [6.45, 7) is 1.32. The summed E-state index contributed by atoms with van der Waals surface area (Å²) < 4.78 is 31.5. The largest absolute Gasteiger partial charge is 0.453 e. The van der Waals surface area contributed by atoms with Gasteiger partial charge < -0.3 is 15.0 Å². The molecular formula is C20H17F2N3O4. The van der Waals surface area contributed by atoms with Crippen LogP contribution in [0.5, 0.6) is 0 Å². The third kappa shape index (κ3) is 5.01. The Morgan fingerprint density at radius 2 is 1.97 bits per heavy atom. The minimum absolute atomic E-state index is 0.111. The highest BCUT2D eigenvalue weighted by atomic mass is 19.1. The molecule has 0 saturated heterocycles. The van der Waals surface area contributed by atoms with Gasteiger partial charge >= 0.3 is 5.97 Å². The zero-order valence-electron chi connectivity index (χ0n) is 15.4. The number of carbonyl (C=O) groups is 2. The summed E-state index contributed by atoms with van der Waals surface area (Å²) >= 11 is 0. The van der Waals surface area contributed by atoms with Gasteiger partial charge in [0.2, 0.25) is 0 Å². The fourth-order valence-electron chi connectivity index (χ4n) is 2.61. The van der Waals surface area contributed by atoms with Crippen molar-refractivity contribution in [3.8, 4) is 0 Å². The summed E-state index contributed by atoms with van der Waals surface area (Å²) in [6, 6.07) is 9.49. The minimum Gasteiger partial charge on any atom is -0.453 e. The molecule has 7 nitrogen and oxygen atoms in total. The lowest BCUT2D eigenvalue weighted by Gasteiger charge is -2.14. The molecule has 0 unspecified atom stereocenters. The van der Waals surface area contributed by atoms with Crippen LogP contribution in [0.25, 0.3) is 10.9 Å². The molecule has 0 aliphatic heterocycles. The van der Waals surface area contributed by atoms with Gasteiger partial charge in [0.1, 0.15) is 17.5 Å². The van der Waals surface area contributed by atoms with E-state index < -0.39 is 29.6 Å². The fraction of sp³-hybridized carbons (Fsp3) is 0.200. The molecular weight excluding hydrogens is 384 g/mol. The van der Waals surface area contributed by atoms with E-state index in [-0.39, 0.29) is 24.1 Å². The summed E-state index contributed by atoms with van der Waals surface area (Å²) in [4.78, 5) is 42.9. The lowest BCUT2D eigenvalue weighted by molar-refractivity contribution is -0.153. The highest BCUT2D eigenvalue weighted by Gasteiger charge is 2.19. The van der Waals surface area contributed by atoms with Gasteiger partial charge in [0.15, 0.2) is 6.10 Å². The van der Waals surface area contributed by atoms with Crippen molar-refractivity contribution < 1.29 is 23.1 Å². The van der Waals surface area contributed by atoms with Gasteiger partial charge in [0.05, 0.1) is 23.0 Å². The molecule has 0 fully saturated rings. The first-order valence-electron chi connectivity index (χ1n) is 8.77. The maximum Gasteiger partial charge on any atom is 0.307 e. The summed E-state index contributed by atoms with van der Waals surface area (Å²) in [6.07, 6.45) is -1.21. The Morgan fingerprint density at radius 1 is 1.21 bits per heavy atom. The zero-order chi connectivity index (χ0) is 21.0. The van der Waals surface area contributed by atoms with Crippen molar-refractivity contribution in [3.05, 3.63) is 70.3 Å². The van der Waals surface area contributed by atoms with E-state index in [1.165, 1.54) is 6.92 Å². The Morgan fingerprint density at radius 3 is 2.72 bits per heavy atom. The van der Waals surface area contributed by atoms with E-state index in [9.17, 15) is 23.2 Å². The lowest BCUT2D eigenvalue weighted by atomic mass is 10.2. The fourth-order valence-corrected chi connectivity index (χ4v) is 2.61. The number of nitrogens with zero attached hydrogens (tertiary/aromatic N) is 1. The number of amides is 1. The van der Waals surface area contributed by atoms with Crippen molar-refractivity contribution in [2.75, 3.05) is 5.32 Å². The second-order valence-corrected chi connectivity index (χ2v) is 6.28. The first kappa shape index (κ1) is 20.1. The van der Waals surface area contributed by atoms with Crippen molar-refractivity contribution in [3.63, 3.8) is 0 Å². The molecule has 0 radical (unpaired) electrons. The first-order valence-corrected chi connectivity index (χ1v) is 8.77. The number of aromatic nitrogens is 2. The van der Waals surface area contributed by atoms with Gasteiger partial charge in [-0.25, -0.2) is 13.8 Å². The maximum absolute atomic E-state index is 13.6. The number of para-hydroxylation sites is 1. The van der Waals surface area contributed by atoms with Crippen molar-refractivity contribution in [2.24, 2.45) is 0 Å². The van der Waals surface area contributed by atoms with E-state index in [0.29, 0.717) is 22.8 Å². The van der Waals surface area contributed by atoms with Gasteiger partial charge in [-0.3, -0.25) is 14.4 Å². The minimum atomic E-state index is -1.20. The van der Waals surface area contributed by atoms with Crippen LogP contribution in [0.1, 0.15) is 19.2 Å². The number of anilines is 1. The van der Waals surface area contributed by atoms with Crippen LogP contribution in [0.2, 0.25) is 0 Å². The van der Waals surface area contributed by atoms with Crippen molar-refractivity contribution in [2.45, 2.75) is 25.9 Å². The van der Waals surface area contributed by atoms with E-state index in [1.807, 2.05) is 0 Å². The molecule has 29 heavy (non-hydrogen) atoms. The average molecular weight is 401 g/mol. The number of hydrogen-bond donors (Lipinski definition) is 2. The smallest absolute Gasteiger partial charge is 0.307 e. The number of halogens is 2. The van der Waals surface area contributed by atoms with Crippen LogP contribution in [0.3, 0.4) is 0 Å². The van der Waals surface area contributed by atoms with Crippen molar-refractivity contribution >= 4 is 28.5 Å². The van der Waals surface area contributed by atoms with Gasteiger partial charge in [0.25, 0.3) is 11.5 Å². The van der Waals surface area contributed by atoms with Crippen LogP contribution < -0.4 is 10.9 Å². The van der Waals surface area contributed by atoms with Crippen molar-refractivity contribution in [1.82, 2.24) is 9.97 Å². The number of esters is 1. The molecule has 1 atom stereocenters. The SMILES string of the molecule is C[C@@H](OC(=O)CCc1nc2ccccc2c(=O)[nH]1)C(=O)Nc1ccc(F)cc1F. The maximum atomic E-state index is 13.6. The van der Waals surface area contributed by atoms with Crippen LogP contribution >= 0.6 is 0 Å². The molecule has 9 heteroatoms. The molecule has 1 heterocycles. The predicted molar refractivity (Wildman–Crippen MR) is 101 cm³/mol. The third-order valence-corrected chi connectivity index (χ3v) is 4.09. The van der Waals surface area contributed by atoms with E-state index in [2.05, 4.69) is 15.3 Å². The number of fused-ring (bicyclic) bond motifs is 1. The number of aryl methyl sites for hydroxylation is 1. The molecule has 1 amide bonds. The van der Waals surface area contributed by atoms with Crippen LogP contribution in [-0.4, -0.2) is 27.9 Å². The quantitative estimate of drug-likeness (QED) is 0.619. The zero-order valence-corrected chi connectivity index (χ0v) is 15.4. The standard InChI is InChI=1S/C20H17F2N3O4/c1-11(19(27)24-16-7-6-12(21)10-14(16)22)29-18(26)9-8-17-23-15-5-3-2-4-13(15)20(28)25-17/h2-7,10-11H,8-9H2,1H3,(H,24,27)(H,23,25,28)/t11-/m1/s1. The lowest BCUT2D eigenvalue weighted by Crippen LogP contribution is -2.30. The number of H-pyrrole nitrogens is 1. The Labute approximate surface area is 163 Å². The van der Waals surface area contributed by atoms with Crippen LogP contribution in [-0.2, 0) is 20.7 Å². The number of benzene rings is 2. The second-order valence-electron chi connectivity index (χ2n) is 6.28. The number of nitrogens with one attached hydrogen (secondary N) is 2. The van der Waals surface area contributed by atoms with E-state index in [4.69, 9.17) is 4.74 Å². The number of aromatic amines is 1. The Hall–Kier alpha value is -3.62. The Bertz CT molecular complexity index is 1130. The van der Waals surface area contributed by atoms with Crippen LogP contribution in [0.15, 0.2) is 47.3 Å². The van der Waals surface area contributed by atoms with Gasteiger partial charge in [-0.1, -0.05) is 12.1 Å². The van der Waals surface area contributed by atoms with Crippen molar-refractivity contribution in [1.29, 1.82) is 0 Å². The van der Waals surface area contributed by atoms with E-state index in [0.717, 1.165) is 12.1 Å². The van der Waals surface area contributed by atoms with Crippen LogP contribution in [0, 0.1) is 11.6 Å². The molecule has 3 rings (SSSR count). The molecule has 1 aromatic heterocycles. The molecule has 2 N–H and O–H groups in total. The van der Waals surface area contributed by atoms with Gasteiger partial charge in [-0.2, -0.15) is 0 Å². The molecule has 0 spiro atoms. The number of carbonyl (C=O) groups excluding carboxylic acids is 2. The Balaban J connectivity index is 1.56. The molecule has 0 bridgehead atoms. The highest BCUT2D eigenvalue weighted by molar-refractivity contribution is 5.95. The average Bonchev–Trinajstić information content (AvgIpc) is 2.68. The highest BCUT2D eigenvalue weighted by Crippen LogP contribution is 2.15. The number of hydrogen-bond acceptors (Lipinski definition) is 5. The van der Waals surface area contributed by atoms with Gasteiger partial charge in [0, 0.05) is 12.5 Å². The predicted octanol–water partition coefficient (Wildman–Crippen LogP) is 2.70. The summed E-state index contributed by atoms with van der Waals surface area (Å²) in [5.74, 6) is -2.86. The third-order valence-electron chi connectivity index (χ3n) is 4.09. The Kier molecular flexibility index (Phi) is 5.96. The number of ether oxygens (including phenoxy) is 1. The summed E-state index contributed by atoms with van der Waals surface area (Å²) in [5.41, 5.74) is -0.0287. The topological polar surface area (TPSA) is 101 Å². The van der Waals surface area contributed by atoms with Gasteiger partial charge in [-0.05, 0) is 31.2 Å². The summed E-state index contributed by atoms with van der Waals surface area (Å²) in [7, 11) is 0.